The predicted octanol–water partition coefficient (Wildman–Crippen LogP) is 1.93. The van der Waals surface area contributed by atoms with Crippen molar-refractivity contribution in [3.63, 3.8) is 0 Å². The molecule has 2 aliphatic rings. The Kier molecular flexibility index (Phi) is 4.10. The van der Waals surface area contributed by atoms with E-state index in [0.29, 0.717) is 18.7 Å². The molecule has 1 saturated heterocycles. The van der Waals surface area contributed by atoms with E-state index >= 15 is 0 Å². The molecule has 5 nitrogen and oxygen atoms in total. The van der Waals surface area contributed by atoms with Crippen LogP contribution in [0.5, 0.6) is 0 Å². The molecule has 3 rings (SSSR count). The summed E-state index contributed by atoms with van der Waals surface area (Å²) in [6.45, 7) is 1.34. The molecule has 0 bridgehead atoms. The molecule has 2 fully saturated rings. The van der Waals surface area contributed by atoms with Crippen LogP contribution in [0.1, 0.15) is 36.0 Å². The van der Waals surface area contributed by atoms with Crippen molar-refractivity contribution in [2.75, 3.05) is 32.1 Å². The standard InChI is InChI=1S/C16H23N3O2/c1-18(2)15-8-7-12(11-17-15)16(20)19-9-10-21-14-6-4-3-5-13(14)19/h7-8,11,13-14H,3-6,9-10H2,1-2H3. The number of ether oxygens (including phenoxy) is 1. The van der Waals surface area contributed by atoms with Gasteiger partial charge in [0, 0.05) is 26.8 Å². The van der Waals surface area contributed by atoms with E-state index in [-0.39, 0.29) is 18.1 Å². The van der Waals surface area contributed by atoms with E-state index in [0.717, 1.165) is 18.7 Å². The molecule has 1 aromatic heterocycles. The zero-order chi connectivity index (χ0) is 14.8. The Morgan fingerprint density at radius 1 is 1.33 bits per heavy atom. The Labute approximate surface area is 125 Å². The minimum absolute atomic E-state index is 0.0907. The summed E-state index contributed by atoms with van der Waals surface area (Å²) < 4.78 is 5.83. The third kappa shape index (κ3) is 2.88. The highest BCUT2D eigenvalue weighted by Gasteiger charge is 2.36. The van der Waals surface area contributed by atoms with Gasteiger partial charge in [0.2, 0.25) is 0 Å². The fourth-order valence-corrected chi connectivity index (χ4v) is 3.29. The van der Waals surface area contributed by atoms with E-state index in [1.165, 1.54) is 12.8 Å². The van der Waals surface area contributed by atoms with Crippen LogP contribution >= 0.6 is 0 Å². The Balaban J connectivity index is 1.77. The van der Waals surface area contributed by atoms with E-state index in [1.807, 2.05) is 36.0 Å². The molecule has 0 N–H and O–H groups in total. The van der Waals surface area contributed by atoms with Crippen molar-refractivity contribution in [1.29, 1.82) is 0 Å². The van der Waals surface area contributed by atoms with Crippen LogP contribution in [0.3, 0.4) is 0 Å². The Bertz CT molecular complexity index is 499. The SMILES string of the molecule is CN(C)c1ccc(C(=O)N2CCOC3CCCCC32)cn1. The average molecular weight is 289 g/mol. The zero-order valence-electron chi connectivity index (χ0n) is 12.8. The fraction of sp³-hybridized carbons (Fsp3) is 0.625. The molecular weight excluding hydrogens is 266 g/mol. The first kappa shape index (κ1) is 14.3. The average Bonchev–Trinajstić information content (AvgIpc) is 2.53. The molecule has 0 aromatic carbocycles. The summed E-state index contributed by atoms with van der Waals surface area (Å²) in [6.07, 6.45) is 6.44. The Hall–Kier alpha value is -1.62. The van der Waals surface area contributed by atoms with Crippen molar-refractivity contribution in [2.45, 2.75) is 37.8 Å². The maximum atomic E-state index is 12.8. The molecule has 0 spiro atoms. The highest BCUT2D eigenvalue weighted by atomic mass is 16.5. The molecule has 1 aliphatic heterocycles. The molecule has 1 aromatic rings. The first-order valence-corrected chi connectivity index (χ1v) is 7.73. The van der Waals surface area contributed by atoms with Crippen LogP contribution in [0, 0.1) is 0 Å². The van der Waals surface area contributed by atoms with Crippen LogP contribution in [-0.2, 0) is 4.74 Å². The second-order valence-electron chi connectivity index (χ2n) is 6.06. The maximum Gasteiger partial charge on any atom is 0.255 e. The van der Waals surface area contributed by atoms with Gasteiger partial charge in [-0.15, -0.1) is 0 Å². The molecule has 1 amide bonds. The summed E-state index contributed by atoms with van der Waals surface area (Å²) in [7, 11) is 3.89. The van der Waals surface area contributed by atoms with Gasteiger partial charge in [-0.1, -0.05) is 12.8 Å². The number of pyridine rings is 1. The second-order valence-corrected chi connectivity index (χ2v) is 6.06. The smallest absolute Gasteiger partial charge is 0.255 e. The normalized spacial score (nSPS) is 25.3. The van der Waals surface area contributed by atoms with Crippen LogP contribution in [0.2, 0.25) is 0 Å². The number of anilines is 1. The number of morpholine rings is 1. The van der Waals surface area contributed by atoms with E-state index in [1.54, 1.807) is 6.20 Å². The van der Waals surface area contributed by atoms with Gasteiger partial charge in [-0.2, -0.15) is 0 Å². The zero-order valence-corrected chi connectivity index (χ0v) is 12.8. The van der Waals surface area contributed by atoms with E-state index < -0.39 is 0 Å². The van der Waals surface area contributed by atoms with Crippen LogP contribution in [0.4, 0.5) is 5.82 Å². The topological polar surface area (TPSA) is 45.7 Å². The number of rotatable bonds is 2. The van der Waals surface area contributed by atoms with E-state index in [2.05, 4.69) is 4.98 Å². The monoisotopic (exact) mass is 289 g/mol. The predicted molar refractivity (Wildman–Crippen MR) is 81.6 cm³/mol. The summed E-state index contributed by atoms with van der Waals surface area (Å²) in [6, 6.07) is 4.01. The molecule has 114 valence electrons. The van der Waals surface area contributed by atoms with Gasteiger partial charge in [-0.05, 0) is 25.0 Å². The van der Waals surface area contributed by atoms with Gasteiger partial charge in [-0.3, -0.25) is 4.79 Å². The van der Waals surface area contributed by atoms with Crippen LogP contribution < -0.4 is 4.90 Å². The lowest BCUT2D eigenvalue weighted by Crippen LogP contribution is -2.54. The van der Waals surface area contributed by atoms with Crippen molar-refractivity contribution in [2.24, 2.45) is 0 Å². The summed E-state index contributed by atoms with van der Waals surface area (Å²) >= 11 is 0. The molecule has 2 heterocycles. The second kappa shape index (κ2) is 6.02. The number of hydrogen-bond donors (Lipinski definition) is 0. The quantitative estimate of drug-likeness (QED) is 0.834. The van der Waals surface area contributed by atoms with Crippen molar-refractivity contribution < 1.29 is 9.53 Å². The molecule has 1 saturated carbocycles. The summed E-state index contributed by atoms with van der Waals surface area (Å²) in [4.78, 5) is 21.0. The Morgan fingerprint density at radius 3 is 2.86 bits per heavy atom. The molecule has 2 unspecified atom stereocenters. The van der Waals surface area contributed by atoms with E-state index in [9.17, 15) is 4.79 Å². The van der Waals surface area contributed by atoms with Crippen LogP contribution in [0.15, 0.2) is 18.3 Å². The van der Waals surface area contributed by atoms with Crippen molar-refractivity contribution in [1.82, 2.24) is 9.88 Å². The van der Waals surface area contributed by atoms with Gasteiger partial charge in [0.25, 0.3) is 5.91 Å². The van der Waals surface area contributed by atoms with Gasteiger partial charge in [-0.25, -0.2) is 4.98 Å². The molecule has 21 heavy (non-hydrogen) atoms. The summed E-state index contributed by atoms with van der Waals surface area (Å²) in [5, 5.41) is 0. The number of aromatic nitrogens is 1. The summed E-state index contributed by atoms with van der Waals surface area (Å²) in [5.41, 5.74) is 0.673. The van der Waals surface area contributed by atoms with Gasteiger partial charge >= 0.3 is 0 Å². The number of amides is 1. The first-order chi connectivity index (χ1) is 10.2. The molecule has 0 radical (unpaired) electrons. The third-order valence-electron chi connectivity index (χ3n) is 4.45. The van der Waals surface area contributed by atoms with Gasteiger partial charge in [0.1, 0.15) is 5.82 Å². The van der Waals surface area contributed by atoms with E-state index in [4.69, 9.17) is 4.74 Å². The lowest BCUT2D eigenvalue weighted by Gasteiger charge is -2.43. The van der Waals surface area contributed by atoms with Gasteiger partial charge in [0.15, 0.2) is 0 Å². The lowest BCUT2D eigenvalue weighted by atomic mass is 9.90. The number of carbonyl (C=O) groups excluding carboxylic acids is 1. The lowest BCUT2D eigenvalue weighted by molar-refractivity contribution is -0.0752. The number of nitrogens with zero attached hydrogens (tertiary/aromatic N) is 3. The molecule has 5 heteroatoms. The largest absolute Gasteiger partial charge is 0.374 e. The highest BCUT2D eigenvalue weighted by molar-refractivity contribution is 5.94. The number of hydrogen-bond acceptors (Lipinski definition) is 4. The summed E-state index contributed by atoms with van der Waals surface area (Å²) in [5.74, 6) is 0.956. The molecule has 2 atom stereocenters. The minimum atomic E-state index is 0.0907. The van der Waals surface area contributed by atoms with Gasteiger partial charge in [0.05, 0.1) is 24.3 Å². The number of carbonyl (C=O) groups is 1. The first-order valence-electron chi connectivity index (χ1n) is 7.73. The van der Waals surface area contributed by atoms with Crippen LogP contribution in [0.25, 0.3) is 0 Å². The van der Waals surface area contributed by atoms with Crippen molar-refractivity contribution >= 4 is 11.7 Å². The molecular formula is C16H23N3O2. The van der Waals surface area contributed by atoms with Crippen molar-refractivity contribution in [3.8, 4) is 0 Å². The fourth-order valence-electron chi connectivity index (χ4n) is 3.29. The maximum absolute atomic E-state index is 12.8. The highest BCUT2D eigenvalue weighted by Crippen LogP contribution is 2.29. The third-order valence-corrected chi connectivity index (χ3v) is 4.45. The Morgan fingerprint density at radius 2 is 2.14 bits per heavy atom. The van der Waals surface area contributed by atoms with Gasteiger partial charge < -0.3 is 14.5 Å². The number of fused-ring (bicyclic) bond motifs is 1. The minimum Gasteiger partial charge on any atom is -0.374 e. The van der Waals surface area contributed by atoms with Crippen LogP contribution in [-0.4, -0.2) is 55.2 Å². The molecule has 1 aliphatic carbocycles. The van der Waals surface area contributed by atoms with Crippen molar-refractivity contribution in [3.05, 3.63) is 23.9 Å².